The number of hydrogen-bond donors (Lipinski definition) is 2. The summed E-state index contributed by atoms with van der Waals surface area (Å²) in [6.07, 6.45) is 8.44. The molecule has 0 bridgehead atoms. The van der Waals surface area contributed by atoms with Crippen LogP contribution in [0.4, 0.5) is 0 Å². The molecule has 0 aromatic rings. The zero-order chi connectivity index (χ0) is 13.4. The third kappa shape index (κ3) is 4.58. The maximum Gasteiger partial charge on any atom is 0.320 e. The molecule has 0 aliphatic heterocycles. The van der Waals surface area contributed by atoms with Crippen LogP contribution in [-0.4, -0.2) is 46.3 Å². The second-order valence-electron chi connectivity index (χ2n) is 5.25. The smallest absolute Gasteiger partial charge is 0.320 e. The Bertz CT molecular complexity index is 239. The molecule has 106 valence electrons. The van der Waals surface area contributed by atoms with E-state index < -0.39 is 12.0 Å². The summed E-state index contributed by atoms with van der Waals surface area (Å²) in [6, 6.07) is -0.0657. The minimum Gasteiger partial charge on any atom is -0.480 e. The second-order valence-corrected chi connectivity index (χ2v) is 5.25. The number of nitrogens with zero attached hydrogens (tertiary/aromatic N) is 1. The average Bonchev–Trinajstić information content (AvgIpc) is 2.38. The quantitative estimate of drug-likeness (QED) is 0.700. The van der Waals surface area contributed by atoms with Crippen LogP contribution in [0.5, 0.6) is 0 Å². The molecule has 1 saturated carbocycles. The van der Waals surface area contributed by atoms with Gasteiger partial charge in [0, 0.05) is 12.6 Å². The van der Waals surface area contributed by atoms with E-state index in [2.05, 4.69) is 6.92 Å². The van der Waals surface area contributed by atoms with Crippen LogP contribution in [0.25, 0.3) is 0 Å². The Morgan fingerprint density at radius 3 is 2.50 bits per heavy atom. The number of unbranched alkanes of at least 4 members (excludes halogenated alkanes) is 1. The Morgan fingerprint density at radius 1 is 1.33 bits per heavy atom. The van der Waals surface area contributed by atoms with Crippen LogP contribution < -0.4 is 0 Å². The van der Waals surface area contributed by atoms with Gasteiger partial charge in [-0.05, 0) is 19.3 Å². The number of carboxylic acid groups (broad SMARTS) is 1. The van der Waals surface area contributed by atoms with Gasteiger partial charge in [0.15, 0.2) is 0 Å². The van der Waals surface area contributed by atoms with Crippen LogP contribution in [0.2, 0.25) is 0 Å². The molecule has 1 fully saturated rings. The average molecular weight is 257 g/mol. The highest BCUT2D eigenvalue weighted by atomic mass is 16.4. The molecule has 4 nitrogen and oxygen atoms in total. The number of carbonyl (C=O) groups is 1. The monoisotopic (exact) mass is 257 g/mol. The molecule has 4 heteroatoms. The van der Waals surface area contributed by atoms with Crippen molar-refractivity contribution < 1.29 is 15.0 Å². The van der Waals surface area contributed by atoms with Crippen molar-refractivity contribution in [1.29, 1.82) is 0 Å². The summed E-state index contributed by atoms with van der Waals surface area (Å²) >= 11 is 0. The van der Waals surface area contributed by atoms with E-state index in [-0.39, 0.29) is 6.61 Å². The van der Waals surface area contributed by atoms with Crippen molar-refractivity contribution in [3.05, 3.63) is 0 Å². The summed E-state index contributed by atoms with van der Waals surface area (Å²) in [5.41, 5.74) is 0. The minimum atomic E-state index is -0.734. The number of carboxylic acids is 1. The number of aliphatic hydroxyl groups excluding tert-OH is 1. The van der Waals surface area contributed by atoms with E-state index in [1.54, 1.807) is 0 Å². The van der Waals surface area contributed by atoms with Crippen molar-refractivity contribution in [2.24, 2.45) is 0 Å². The van der Waals surface area contributed by atoms with E-state index in [1.165, 1.54) is 19.3 Å². The minimum absolute atomic E-state index is 0.0480. The Hall–Kier alpha value is -0.610. The van der Waals surface area contributed by atoms with Crippen molar-refractivity contribution in [1.82, 2.24) is 4.90 Å². The lowest BCUT2D eigenvalue weighted by Gasteiger charge is -2.37. The molecule has 1 unspecified atom stereocenters. The van der Waals surface area contributed by atoms with Crippen molar-refractivity contribution in [3.63, 3.8) is 0 Å². The highest BCUT2D eigenvalue weighted by Gasteiger charge is 2.31. The molecule has 2 N–H and O–H groups in total. The Labute approximate surface area is 110 Å². The van der Waals surface area contributed by atoms with Crippen LogP contribution in [0.1, 0.15) is 58.3 Å². The fourth-order valence-electron chi connectivity index (χ4n) is 2.95. The third-order valence-electron chi connectivity index (χ3n) is 3.92. The third-order valence-corrected chi connectivity index (χ3v) is 3.92. The number of hydrogen-bond acceptors (Lipinski definition) is 3. The van der Waals surface area contributed by atoms with E-state index in [0.29, 0.717) is 19.0 Å². The van der Waals surface area contributed by atoms with Gasteiger partial charge in [-0.2, -0.15) is 0 Å². The Morgan fingerprint density at radius 2 is 2.00 bits per heavy atom. The van der Waals surface area contributed by atoms with Gasteiger partial charge in [-0.3, -0.25) is 9.69 Å². The van der Waals surface area contributed by atoms with Gasteiger partial charge in [-0.15, -0.1) is 0 Å². The van der Waals surface area contributed by atoms with Gasteiger partial charge < -0.3 is 10.2 Å². The molecular formula is C14H27NO3. The highest BCUT2D eigenvalue weighted by Crippen LogP contribution is 2.25. The van der Waals surface area contributed by atoms with Crippen LogP contribution in [0, 0.1) is 0 Å². The van der Waals surface area contributed by atoms with Crippen LogP contribution in [0.15, 0.2) is 0 Å². The van der Waals surface area contributed by atoms with Crippen molar-refractivity contribution in [2.45, 2.75) is 70.4 Å². The summed E-state index contributed by atoms with van der Waals surface area (Å²) in [7, 11) is 0. The molecule has 0 heterocycles. The molecule has 0 spiro atoms. The lowest BCUT2D eigenvalue weighted by molar-refractivity contribution is -0.145. The number of aliphatic carboxylic acids is 1. The maximum absolute atomic E-state index is 11.4. The highest BCUT2D eigenvalue weighted by molar-refractivity contribution is 5.73. The molecule has 18 heavy (non-hydrogen) atoms. The SMILES string of the molecule is CCCCC(C(=O)O)N(CCO)C1CCCCC1. The topological polar surface area (TPSA) is 60.8 Å². The van der Waals surface area contributed by atoms with Gasteiger partial charge in [0.2, 0.25) is 0 Å². The molecule has 0 aromatic heterocycles. The predicted molar refractivity (Wildman–Crippen MR) is 71.6 cm³/mol. The summed E-state index contributed by atoms with van der Waals surface area (Å²) in [4.78, 5) is 13.5. The van der Waals surface area contributed by atoms with Gasteiger partial charge in [-0.1, -0.05) is 39.0 Å². The molecule has 1 aliphatic rings. The van der Waals surface area contributed by atoms with Gasteiger partial charge >= 0.3 is 5.97 Å². The zero-order valence-electron chi connectivity index (χ0n) is 11.5. The first-order chi connectivity index (χ1) is 8.70. The van der Waals surface area contributed by atoms with Crippen molar-refractivity contribution >= 4 is 5.97 Å². The van der Waals surface area contributed by atoms with Crippen LogP contribution in [0.3, 0.4) is 0 Å². The first-order valence-corrected chi connectivity index (χ1v) is 7.30. The molecule has 0 amide bonds. The Kier molecular flexibility index (Phi) is 7.28. The molecule has 1 atom stereocenters. The van der Waals surface area contributed by atoms with E-state index in [1.807, 2.05) is 4.90 Å². The van der Waals surface area contributed by atoms with Crippen LogP contribution in [-0.2, 0) is 4.79 Å². The molecular weight excluding hydrogens is 230 g/mol. The first kappa shape index (κ1) is 15.4. The van der Waals surface area contributed by atoms with Crippen molar-refractivity contribution in [3.8, 4) is 0 Å². The normalized spacial score (nSPS) is 19.1. The standard InChI is InChI=1S/C14H27NO3/c1-2-3-9-13(14(17)18)15(10-11-16)12-7-5-4-6-8-12/h12-13,16H,2-11H2,1H3,(H,17,18). The van der Waals surface area contributed by atoms with E-state index in [9.17, 15) is 15.0 Å². The molecule has 1 aliphatic carbocycles. The van der Waals surface area contributed by atoms with E-state index >= 15 is 0 Å². The Balaban J connectivity index is 2.67. The van der Waals surface area contributed by atoms with Gasteiger partial charge in [-0.25, -0.2) is 0 Å². The first-order valence-electron chi connectivity index (χ1n) is 7.30. The molecule has 0 saturated heterocycles. The van der Waals surface area contributed by atoms with Gasteiger partial charge in [0.05, 0.1) is 6.61 Å². The van der Waals surface area contributed by atoms with Gasteiger partial charge in [0.25, 0.3) is 0 Å². The summed E-state index contributed by atoms with van der Waals surface area (Å²) in [5.74, 6) is -0.734. The van der Waals surface area contributed by atoms with Gasteiger partial charge in [0.1, 0.15) is 6.04 Å². The lowest BCUT2D eigenvalue weighted by atomic mass is 9.92. The fourth-order valence-corrected chi connectivity index (χ4v) is 2.95. The maximum atomic E-state index is 11.4. The largest absolute Gasteiger partial charge is 0.480 e. The molecule has 0 radical (unpaired) electrons. The van der Waals surface area contributed by atoms with Crippen LogP contribution >= 0.6 is 0 Å². The number of aliphatic hydroxyl groups is 1. The predicted octanol–water partition coefficient (Wildman–Crippen LogP) is 2.26. The summed E-state index contributed by atoms with van der Waals surface area (Å²) < 4.78 is 0. The summed E-state index contributed by atoms with van der Waals surface area (Å²) in [5, 5.41) is 18.6. The van der Waals surface area contributed by atoms with E-state index in [0.717, 1.165) is 25.7 Å². The zero-order valence-corrected chi connectivity index (χ0v) is 11.5. The van der Waals surface area contributed by atoms with E-state index in [4.69, 9.17) is 0 Å². The number of rotatable bonds is 8. The summed E-state index contributed by atoms with van der Waals surface area (Å²) in [6.45, 7) is 2.62. The fraction of sp³-hybridized carbons (Fsp3) is 0.929. The molecule has 0 aromatic carbocycles. The molecule has 1 rings (SSSR count). The van der Waals surface area contributed by atoms with Crippen molar-refractivity contribution in [2.75, 3.05) is 13.2 Å². The lowest BCUT2D eigenvalue weighted by Crippen LogP contribution is -2.49. The second kappa shape index (κ2) is 8.48.